The van der Waals surface area contributed by atoms with E-state index in [4.69, 9.17) is 13.9 Å². The van der Waals surface area contributed by atoms with E-state index in [-0.39, 0.29) is 35.5 Å². The lowest BCUT2D eigenvalue weighted by Gasteiger charge is -2.33. The number of furan rings is 1. The molecule has 2 aliphatic rings. The van der Waals surface area contributed by atoms with Crippen molar-refractivity contribution in [2.24, 2.45) is 23.7 Å². The monoisotopic (exact) mass is 696 g/mol. The number of rotatable bonds is 13. The Morgan fingerprint density at radius 1 is 0.840 bits per heavy atom. The number of methoxy groups -OCH3 is 2. The molecule has 2 amide bonds. The van der Waals surface area contributed by atoms with Crippen LogP contribution in [0.2, 0.25) is 0 Å². The normalized spacial score (nSPS) is 18.0. The SMILES string of the molecule is COc1cc(CCc2c(OC)cc(C)c3c2CC([C@H](C)C(=O)NCc2cccs2)CC3)c2c(c1C)CC([C@H](C)C(=O)NCc1ccco1)CC2. The minimum absolute atomic E-state index is 0.0690. The van der Waals surface area contributed by atoms with Crippen LogP contribution in [-0.2, 0) is 61.2 Å². The lowest BCUT2D eigenvalue weighted by molar-refractivity contribution is -0.127. The fourth-order valence-electron chi connectivity index (χ4n) is 8.36. The lowest BCUT2D eigenvalue weighted by atomic mass is 9.73. The van der Waals surface area contributed by atoms with E-state index in [9.17, 15) is 9.59 Å². The molecule has 0 aliphatic heterocycles. The van der Waals surface area contributed by atoms with Gasteiger partial charge in [-0.25, -0.2) is 0 Å². The molecule has 2 aromatic carbocycles. The van der Waals surface area contributed by atoms with Crippen LogP contribution in [0, 0.1) is 37.5 Å². The minimum atomic E-state index is -0.108. The second kappa shape index (κ2) is 15.9. The van der Waals surface area contributed by atoms with E-state index < -0.39 is 0 Å². The molecule has 266 valence electrons. The number of nitrogens with one attached hydrogen (secondary N) is 2. The Labute approximate surface area is 301 Å². The standard InChI is InChI=1S/C42H52N2O5S/c1-25-19-40(48-6)36(38-21-30(11-14-34(25)38)27(3)42(46)44-24-33-10-8-18-50-33)16-13-31-22-39(47-5)28(4)37-20-29(12-15-35(31)37)26(2)41(45)43-23-32-9-7-17-49-32/h7-10,17-19,22,26-27,29-30H,11-16,20-21,23-24H2,1-6H3,(H,43,45)(H,44,46)/t26-,27-,29?,30?/m0/s1. The van der Waals surface area contributed by atoms with E-state index in [1.807, 2.05) is 23.6 Å². The van der Waals surface area contributed by atoms with Crippen molar-refractivity contribution in [1.29, 1.82) is 0 Å². The third kappa shape index (κ3) is 7.65. The van der Waals surface area contributed by atoms with Gasteiger partial charge >= 0.3 is 0 Å². The topological polar surface area (TPSA) is 89.8 Å². The van der Waals surface area contributed by atoms with Gasteiger partial charge in [-0.05, 0) is 157 Å². The fourth-order valence-corrected chi connectivity index (χ4v) is 9.01. The van der Waals surface area contributed by atoms with Crippen LogP contribution >= 0.6 is 11.3 Å². The molecular formula is C42H52N2O5S. The molecule has 0 radical (unpaired) electrons. The Kier molecular flexibility index (Phi) is 11.4. The first-order valence-electron chi connectivity index (χ1n) is 18.1. The van der Waals surface area contributed by atoms with Gasteiger partial charge in [0.15, 0.2) is 0 Å². The molecule has 0 bridgehead atoms. The molecule has 2 aromatic heterocycles. The molecule has 2 unspecified atom stereocenters. The van der Waals surface area contributed by atoms with Gasteiger partial charge in [0.1, 0.15) is 17.3 Å². The third-order valence-corrected chi connectivity index (χ3v) is 12.4. The van der Waals surface area contributed by atoms with E-state index in [0.717, 1.165) is 68.6 Å². The van der Waals surface area contributed by atoms with Gasteiger partial charge in [0, 0.05) is 16.7 Å². The Hall–Kier alpha value is -4.04. The van der Waals surface area contributed by atoms with Crippen LogP contribution in [0.15, 0.2) is 52.5 Å². The van der Waals surface area contributed by atoms with Crippen LogP contribution in [0.1, 0.15) is 81.8 Å². The third-order valence-electron chi connectivity index (χ3n) is 11.6. The number of ether oxygens (including phenoxy) is 2. The molecule has 0 saturated carbocycles. The van der Waals surface area contributed by atoms with Crippen molar-refractivity contribution in [3.63, 3.8) is 0 Å². The van der Waals surface area contributed by atoms with Crippen molar-refractivity contribution in [1.82, 2.24) is 10.6 Å². The van der Waals surface area contributed by atoms with Crippen molar-refractivity contribution in [2.75, 3.05) is 14.2 Å². The summed E-state index contributed by atoms with van der Waals surface area (Å²) in [6.45, 7) is 9.49. The van der Waals surface area contributed by atoms with Gasteiger partial charge in [0.05, 0.1) is 33.6 Å². The molecule has 2 heterocycles. The first kappa shape index (κ1) is 35.8. The minimum Gasteiger partial charge on any atom is -0.496 e. The zero-order valence-electron chi connectivity index (χ0n) is 30.4. The molecular weight excluding hydrogens is 645 g/mol. The first-order chi connectivity index (χ1) is 24.2. The highest BCUT2D eigenvalue weighted by Gasteiger charge is 2.33. The second-order valence-electron chi connectivity index (χ2n) is 14.3. The number of hydrogen-bond acceptors (Lipinski definition) is 6. The number of fused-ring (bicyclic) bond motifs is 2. The highest BCUT2D eigenvalue weighted by atomic mass is 32.1. The summed E-state index contributed by atoms with van der Waals surface area (Å²) in [7, 11) is 3.52. The van der Waals surface area contributed by atoms with Gasteiger partial charge in [-0.1, -0.05) is 19.9 Å². The van der Waals surface area contributed by atoms with Gasteiger partial charge in [0.25, 0.3) is 0 Å². The van der Waals surface area contributed by atoms with Crippen LogP contribution in [0.4, 0.5) is 0 Å². The molecule has 2 aliphatic carbocycles. The molecule has 4 atom stereocenters. The number of thiophene rings is 1. The molecule has 2 N–H and O–H groups in total. The smallest absolute Gasteiger partial charge is 0.223 e. The molecule has 50 heavy (non-hydrogen) atoms. The summed E-state index contributed by atoms with van der Waals surface area (Å²) >= 11 is 1.67. The Bertz CT molecular complexity index is 1800. The Morgan fingerprint density at radius 3 is 2.16 bits per heavy atom. The molecule has 0 fully saturated rings. The number of carbonyl (C=O) groups excluding carboxylic acids is 2. The predicted octanol–water partition coefficient (Wildman–Crippen LogP) is 7.88. The molecule has 6 rings (SSSR count). The van der Waals surface area contributed by atoms with E-state index in [1.54, 1.807) is 31.8 Å². The zero-order valence-corrected chi connectivity index (χ0v) is 31.3. The van der Waals surface area contributed by atoms with Gasteiger partial charge in [-0.2, -0.15) is 0 Å². The summed E-state index contributed by atoms with van der Waals surface area (Å²) in [5.41, 5.74) is 10.6. The van der Waals surface area contributed by atoms with E-state index in [0.29, 0.717) is 13.1 Å². The maximum atomic E-state index is 13.3. The quantitative estimate of drug-likeness (QED) is 0.149. The van der Waals surface area contributed by atoms with Gasteiger partial charge in [0.2, 0.25) is 11.8 Å². The number of amides is 2. The highest BCUT2D eigenvalue weighted by molar-refractivity contribution is 7.09. The molecule has 0 saturated heterocycles. The number of benzene rings is 2. The lowest BCUT2D eigenvalue weighted by Crippen LogP contribution is -2.35. The van der Waals surface area contributed by atoms with E-state index >= 15 is 0 Å². The average molecular weight is 697 g/mol. The van der Waals surface area contributed by atoms with Crippen molar-refractivity contribution in [3.8, 4) is 11.5 Å². The fraction of sp³-hybridized carbons (Fsp3) is 0.476. The van der Waals surface area contributed by atoms with Gasteiger partial charge in [-0.15, -0.1) is 11.3 Å². The number of aryl methyl sites for hydroxylation is 2. The maximum Gasteiger partial charge on any atom is 0.223 e. The summed E-state index contributed by atoms with van der Waals surface area (Å²) in [5.74, 6) is 3.17. The molecule has 4 aromatic rings. The summed E-state index contributed by atoms with van der Waals surface area (Å²) < 4.78 is 17.4. The Balaban J connectivity index is 1.20. The van der Waals surface area contributed by atoms with E-state index in [1.165, 1.54) is 49.4 Å². The van der Waals surface area contributed by atoms with Crippen LogP contribution in [-0.4, -0.2) is 26.0 Å². The largest absolute Gasteiger partial charge is 0.496 e. The van der Waals surface area contributed by atoms with E-state index in [2.05, 4.69) is 56.5 Å². The Morgan fingerprint density at radius 2 is 1.52 bits per heavy atom. The van der Waals surface area contributed by atoms with Gasteiger partial charge < -0.3 is 24.5 Å². The maximum absolute atomic E-state index is 13.3. The van der Waals surface area contributed by atoms with Crippen molar-refractivity contribution < 1.29 is 23.5 Å². The molecule has 0 spiro atoms. The molecule has 8 heteroatoms. The first-order valence-corrected chi connectivity index (χ1v) is 19.0. The highest BCUT2D eigenvalue weighted by Crippen LogP contribution is 2.41. The van der Waals surface area contributed by atoms with Crippen molar-refractivity contribution >= 4 is 23.2 Å². The molecule has 7 nitrogen and oxygen atoms in total. The summed E-state index contributed by atoms with van der Waals surface area (Å²) in [6, 6.07) is 12.3. The van der Waals surface area contributed by atoms with Crippen molar-refractivity contribution in [3.05, 3.63) is 103 Å². The van der Waals surface area contributed by atoms with Crippen LogP contribution < -0.4 is 20.1 Å². The second-order valence-corrected chi connectivity index (χ2v) is 15.4. The zero-order chi connectivity index (χ0) is 35.4. The van der Waals surface area contributed by atoms with Crippen LogP contribution in [0.3, 0.4) is 0 Å². The predicted molar refractivity (Wildman–Crippen MR) is 199 cm³/mol. The average Bonchev–Trinajstić information content (AvgIpc) is 3.87. The summed E-state index contributed by atoms with van der Waals surface area (Å²) in [5, 5.41) is 8.30. The van der Waals surface area contributed by atoms with Gasteiger partial charge in [-0.3, -0.25) is 9.59 Å². The number of hydrogen-bond donors (Lipinski definition) is 2. The van der Waals surface area contributed by atoms with Crippen LogP contribution in [0.5, 0.6) is 11.5 Å². The number of carbonyl (C=O) groups is 2. The van der Waals surface area contributed by atoms with Crippen LogP contribution in [0.25, 0.3) is 0 Å². The summed E-state index contributed by atoms with van der Waals surface area (Å²) in [6.07, 6.45) is 9.00. The van der Waals surface area contributed by atoms with Crippen molar-refractivity contribution in [2.45, 2.75) is 92.2 Å². The summed E-state index contributed by atoms with van der Waals surface area (Å²) in [4.78, 5) is 27.6.